The molecule has 1 aliphatic heterocycles. The van der Waals surface area contributed by atoms with Crippen LogP contribution in [0, 0.1) is 18.3 Å². The number of fused-ring (bicyclic) bond motifs is 2. The van der Waals surface area contributed by atoms with Crippen molar-refractivity contribution in [2.75, 3.05) is 18.0 Å². The van der Waals surface area contributed by atoms with Crippen molar-refractivity contribution in [3.05, 3.63) is 52.3 Å². The topological polar surface area (TPSA) is 100 Å². The third kappa shape index (κ3) is 3.96. The summed E-state index contributed by atoms with van der Waals surface area (Å²) in [5, 5.41) is 18.2. The van der Waals surface area contributed by atoms with Crippen molar-refractivity contribution in [2.24, 2.45) is 7.05 Å². The molecule has 1 aliphatic rings. The second kappa shape index (κ2) is 8.82. The molecular weight excluding hydrogens is 442 g/mol. The number of piperazine rings is 1. The van der Waals surface area contributed by atoms with Gasteiger partial charge in [-0.25, -0.2) is 9.50 Å². The largest absolute Gasteiger partial charge is 0.364 e. The number of nitriles is 1. The SMILES string of the molecule is CC[C@@H]1CN(c2cc(=O)n(C)c3cn(CC#N)nc23)[C@@H](C)CN1[C@@H](C)c1ccn2nc(C)cc2n1. The fraction of sp³-hybridized carbons (Fsp3) is 0.480. The summed E-state index contributed by atoms with van der Waals surface area (Å²) < 4.78 is 5.02. The summed E-state index contributed by atoms with van der Waals surface area (Å²) in [5.74, 6) is 0. The van der Waals surface area contributed by atoms with E-state index < -0.39 is 0 Å². The van der Waals surface area contributed by atoms with Gasteiger partial charge in [-0.15, -0.1) is 0 Å². The molecule has 182 valence electrons. The van der Waals surface area contributed by atoms with E-state index >= 15 is 0 Å². The molecule has 0 radical (unpaired) electrons. The summed E-state index contributed by atoms with van der Waals surface area (Å²) in [6, 6.07) is 8.46. The van der Waals surface area contributed by atoms with Gasteiger partial charge in [0.2, 0.25) is 0 Å². The number of pyridine rings is 1. The van der Waals surface area contributed by atoms with Crippen LogP contribution in [-0.2, 0) is 13.6 Å². The van der Waals surface area contributed by atoms with Gasteiger partial charge in [-0.3, -0.25) is 14.4 Å². The molecule has 4 aromatic heterocycles. The van der Waals surface area contributed by atoms with Crippen molar-refractivity contribution in [1.82, 2.24) is 33.8 Å². The molecule has 0 unspecified atom stereocenters. The maximum atomic E-state index is 12.8. The molecule has 0 aliphatic carbocycles. The van der Waals surface area contributed by atoms with E-state index in [1.807, 2.05) is 23.7 Å². The van der Waals surface area contributed by atoms with Gasteiger partial charge in [0, 0.05) is 56.6 Å². The lowest BCUT2D eigenvalue weighted by molar-refractivity contribution is 0.104. The fourth-order valence-corrected chi connectivity index (χ4v) is 5.27. The van der Waals surface area contributed by atoms with Gasteiger partial charge < -0.3 is 9.47 Å². The molecule has 0 amide bonds. The van der Waals surface area contributed by atoms with E-state index in [1.54, 1.807) is 28.6 Å². The van der Waals surface area contributed by atoms with Crippen LogP contribution in [0.5, 0.6) is 0 Å². The molecule has 0 saturated carbocycles. The Balaban J connectivity index is 1.48. The van der Waals surface area contributed by atoms with Crippen LogP contribution >= 0.6 is 0 Å². The molecule has 4 aromatic rings. The first-order valence-corrected chi connectivity index (χ1v) is 12.1. The van der Waals surface area contributed by atoms with E-state index in [-0.39, 0.29) is 30.2 Å². The van der Waals surface area contributed by atoms with Crippen molar-refractivity contribution < 1.29 is 0 Å². The van der Waals surface area contributed by atoms with Crippen LogP contribution in [0.4, 0.5) is 5.69 Å². The minimum absolute atomic E-state index is 0.0753. The van der Waals surface area contributed by atoms with Gasteiger partial charge in [0.15, 0.2) is 5.65 Å². The second-order valence-electron chi connectivity index (χ2n) is 9.52. The van der Waals surface area contributed by atoms with E-state index in [1.165, 1.54) is 0 Å². The number of nitrogens with zero attached hydrogens (tertiary/aromatic N) is 9. The van der Waals surface area contributed by atoms with Crippen LogP contribution < -0.4 is 10.5 Å². The summed E-state index contributed by atoms with van der Waals surface area (Å²) in [7, 11) is 1.75. The Bertz CT molecular complexity index is 1490. The second-order valence-corrected chi connectivity index (χ2v) is 9.52. The van der Waals surface area contributed by atoms with Crippen molar-refractivity contribution in [1.29, 1.82) is 5.26 Å². The highest BCUT2D eigenvalue weighted by atomic mass is 16.1. The highest BCUT2D eigenvalue weighted by Crippen LogP contribution is 2.33. The Labute approximate surface area is 204 Å². The summed E-state index contributed by atoms with van der Waals surface area (Å²) in [6.07, 6.45) is 4.73. The predicted octanol–water partition coefficient (Wildman–Crippen LogP) is 2.66. The zero-order chi connectivity index (χ0) is 24.9. The molecule has 10 heteroatoms. The molecule has 1 fully saturated rings. The number of aromatic nitrogens is 6. The Morgan fingerprint density at radius 2 is 2.06 bits per heavy atom. The molecule has 0 N–H and O–H groups in total. The average Bonchev–Trinajstić information content (AvgIpc) is 3.43. The molecule has 0 spiro atoms. The zero-order valence-corrected chi connectivity index (χ0v) is 20.9. The molecule has 10 nitrogen and oxygen atoms in total. The smallest absolute Gasteiger partial charge is 0.252 e. The Kier molecular flexibility index (Phi) is 5.81. The number of aryl methyl sites for hydroxylation is 2. The maximum Gasteiger partial charge on any atom is 0.252 e. The van der Waals surface area contributed by atoms with Crippen LogP contribution in [-0.4, -0.2) is 59.0 Å². The molecule has 35 heavy (non-hydrogen) atoms. The van der Waals surface area contributed by atoms with Gasteiger partial charge in [-0.2, -0.15) is 15.5 Å². The number of hydrogen-bond donors (Lipinski definition) is 0. The third-order valence-electron chi connectivity index (χ3n) is 7.23. The van der Waals surface area contributed by atoms with E-state index in [9.17, 15) is 4.79 Å². The minimum Gasteiger partial charge on any atom is -0.364 e. The van der Waals surface area contributed by atoms with Crippen molar-refractivity contribution in [3.63, 3.8) is 0 Å². The molecule has 0 aromatic carbocycles. The van der Waals surface area contributed by atoms with Gasteiger partial charge in [-0.05, 0) is 33.3 Å². The van der Waals surface area contributed by atoms with E-state index in [0.29, 0.717) is 0 Å². The highest BCUT2D eigenvalue weighted by Gasteiger charge is 2.35. The quantitative estimate of drug-likeness (QED) is 0.439. The van der Waals surface area contributed by atoms with Gasteiger partial charge in [0.1, 0.15) is 12.1 Å². The van der Waals surface area contributed by atoms with Crippen LogP contribution in [0.1, 0.15) is 44.6 Å². The first-order chi connectivity index (χ1) is 16.8. The van der Waals surface area contributed by atoms with Gasteiger partial charge in [0.05, 0.1) is 34.9 Å². The first kappa shape index (κ1) is 23.1. The van der Waals surface area contributed by atoms with E-state index in [4.69, 9.17) is 10.2 Å². The average molecular weight is 474 g/mol. The van der Waals surface area contributed by atoms with Crippen LogP contribution in [0.3, 0.4) is 0 Å². The maximum absolute atomic E-state index is 12.8. The predicted molar refractivity (Wildman–Crippen MR) is 134 cm³/mol. The van der Waals surface area contributed by atoms with Crippen LogP contribution in [0.25, 0.3) is 16.7 Å². The molecule has 5 heterocycles. The molecule has 1 saturated heterocycles. The van der Waals surface area contributed by atoms with Crippen LogP contribution in [0.15, 0.2) is 35.4 Å². The summed E-state index contributed by atoms with van der Waals surface area (Å²) >= 11 is 0. The molecule has 0 bridgehead atoms. The van der Waals surface area contributed by atoms with E-state index in [0.717, 1.165) is 53.3 Å². The van der Waals surface area contributed by atoms with Crippen molar-refractivity contribution in [3.8, 4) is 6.07 Å². The summed E-state index contributed by atoms with van der Waals surface area (Å²) in [5.41, 5.74) is 5.11. The lowest BCUT2D eigenvalue weighted by Crippen LogP contribution is -2.58. The summed E-state index contributed by atoms with van der Waals surface area (Å²) in [4.78, 5) is 22.5. The van der Waals surface area contributed by atoms with Crippen molar-refractivity contribution in [2.45, 2.75) is 58.8 Å². The number of hydrogen-bond acceptors (Lipinski definition) is 7. The first-order valence-electron chi connectivity index (χ1n) is 12.1. The standard InChI is InChI=1S/C25H31N9O/c1-6-19-14-32(21-12-24(35)30(5)22-15-31(10-8-26)29-25(21)22)17(3)13-33(19)18(4)20-7-9-34-23(27-20)11-16(2)28-34/h7,9,11-12,15,17-19H,6,10,13-14H2,1-5H3/t17-,18-,19+/m0/s1. The van der Waals surface area contributed by atoms with Gasteiger partial charge in [-0.1, -0.05) is 6.92 Å². The highest BCUT2D eigenvalue weighted by molar-refractivity contribution is 5.88. The van der Waals surface area contributed by atoms with Gasteiger partial charge in [0.25, 0.3) is 5.56 Å². The Hall–Kier alpha value is -3.71. The molecular formula is C25H31N9O. The molecule has 5 rings (SSSR count). The Morgan fingerprint density at radius 3 is 2.80 bits per heavy atom. The lowest BCUT2D eigenvalue weighted by atomic mass is 10.00. The number of rotatable bonds is 5. The lowest BCUT2D eigenvalue weighted by Gasteiger charge is -2.48. The van der Waals surface area contributed by atoms with Crippen LogP contribution in [0.2, 0.25) is 0 Å². The zero-order valence-electron chi connectivity index (χ0n) is 20.9. The third-order valence-corrected chi connectivity index (χ3v) is 7.23. The number of anilines is 1. The molecule has 3 atom stereocenters. The minimum atomic E-state index is -0.0753. The normalized spacial score (nSPS) is 19.9. The fourth-order valence-electron chi connectivity index (χ4n) is 5.27. The van der Waals surface area contributed by atoms with Gasteiger partial charge >= 0.3 is 0 Å². The van der Waals surface area contributed by atoms with E-state index in [2.05, 4.69) is 52.9 Å². The monoisotopic (exact) mass is 473 g/mol. The summed E-state index contributed by atoms with van der Waals surface area (Å²) in [6.45, 7) is 10.4. The Morgan fingerprint density at radius 1 is 1.26 bits per heavy atom. The van der Waals surface area contributed by atoms with Crippen molar-refractivity contribution >= 4 is 22.4 Å².